The van der Waals surface area contributed by atoms with Crippen molar-refractivity contribution in [2.24, 2.45) is 0 Å². The molecule has 0 aliphatic carbocycles. The monoisotopic (exact) mass is 350 g/mol. The van der Waals surface area contributed by atoms with Gasteiger partial charge in [0.2, 0.25) is 5.91 Å². The number of nitrogens with zero attached hydrogens (tertiary/aromatic N) is 4. The summed E-state index contributed by atoms with van der Waals surface area (Å²) in [5, 5.41) is 9.77. The summed E-state index contributed by atoms with van der Waals surface area (Å²) in [6.07, 6.45) is 6.81. The Labute approximate surface area is 148 Å². The van der Waals surface area contributed by atoms with Gasteiger partial charge in [-0.15, -0.1) is 0 Å². The van der Waals surface area contributed by atoms with Crippen molar-refractivity contribution < 1.29 is 4.79 Å². The Morgan fingerprint density at radius 1 is 1.31 bits per heavy atom. The van der Waals surface area contributed by atoms with Crippen LogP contribution in [-0.4, -0.2) is 42.4 Å². The molecule has 2 aliphatic heterocycles. The minimum atomic E-state index is -0.128. The largest absolute Gasteiger partial charge is 0.346 e. The van der Waals surface area contributed by atoms with Crippen molar-refractivity contribution >= 4 is 28.0 Å². The molecule has 132 valence electrons. The van der Waals surface area contributed by atoms with Crippen molar-refractivity contribution in [3.05, 3.63) is 28.9 Å². The highest BCUT2D eigenvalue weighted by Gasteiger charge is 2.44. The first-order valence-corrected chi connectivity index (χ1v) is 8.92. The lowest BCUT2D eigenvalue weighted by atomic mass is 9.96. The molecule has 2 saturated heterocycles. The predicted octanol–water partition coefficient (Wildman–Crippen LogP) is 1.81. The maximum Gasteiger partial charge on any atom is 0.326 e. The third-order valence-corrected chi connectivity index (χ3v) is 5.85. The van der Waals surface area contributed by atoms with E-state index in [1.165, 1.54) is 0 Å². The van der Waals surface area contributed by atoms with Crippen LogP contribution in [0.3, 0.4) is 0 Å². The Bertz CT molecular complexity index is 1100. The number of aromatic nitrogens is 4. The number of piperidine rings is 1. The molecule has 3 atom stereocenters. The number of carbonyl (C=O) groups excluding carboxylic acids is 1. The highest BCUT2D eigenvalue weighted by Crippen LogP contribution is 2.41. The molecule has 1 unspecified atom stereocenters. The van der Waals surface area contributed by atoms with E-state index in [1.807, 2.05) is 27.8 Å². The van der Waals surface area contributed by atoms with Crippen LogP contribution in [0.2, 0.25) is 0 Å². The van der Waals surface area contributed by atoms with Crippen molar-refractivity contribution in [2.75, 3.05) is 0 Å². The van der Waals surface area contributed by atoms with E-state index in [-0.39, 0.29) is 36.1 Å². The molecule has 2 N–H and O–H groups in total. The van der Waals surface area contributed by atoms with Crippen molar-refractivity contribution in [3.8, 4) is 6.07 Å². The molecule has 5 heterocycles. The number of amides is 1. The number of fused-ring (bicyclic) bond motifs is 5. The van der Waals surface area contributed by atoms with Crippen LogP contribution in [0.4, 0.5) is 0 Å². The number of aromatic amines is 2. The molecule has 3 aromatic heterocycles. The van der Waals surface area contributed by atoms with E-state index in [9.17, 15) is 9.59 Å². The van der Waals surface area contributed by atoms with Crippen LogP contribution < -0.4 is 5.69 Å². The molecule has 8 heteroatoms. The Morgan fingerprint density at radius 3 is 2.81 bits per heavy atom. The smallest absolute Gasteiger partial charge is 0.326 e. The zero-order chi connectivity index (χ0) is 17.8. The van der Waals surface area contributed by atoms with Gasteiger partial charge >= 0.3 is 5.69 Å². The summed E-state index contributed by atoms with van der Waals surface area (Å²) >= 11 is 0. The van der Waals surface area contributed by atoms with Crippen molar-refractivity contribution in [3.63, 3.8) is 0 Å². The van der Waals surface area contributed by atoms with Gasteiger partial charge in [0, 0.05) is 29.7 Å². The molecule has 3 aromatic rings. The summed E-state index contributed by atoms with van der Waals surface area (Å²) in [4.78, 5) is 37.2. The second kappa shape index (κ2) is 5.46. The summed E-state index contributed by atoms with van der Waals surface area (Å²) in [6.45, 7) is 0. The van der Waals surface area contributed by atoms with Crippen molar-refractivity contribution in [2.45, 2.75) is 50.2 Å². The molecule has 8 nitrogen and oxygen atoms in total. The Kier molecular flexibility index (Phi) is 3.19. The topological polar surface area (TPSA) is 111 Å². The van der Waals surface area contributed by atoms with Gasteiger partial charge in [-0.2, -0.15) is 5.26 Å². The van der Waals surface area contributed by atoms with Crippen LogP contribution in [0.1, 0.15) is 38.1 Å². The average Bonchev–Trinajstić information content (AvgIpc) is 3.28. The Hall–Kier alpha value is -3.08. The lowest BCUT2D eigenvalue weighted by molar-refractivity contribution is -0.135. The maximum atomic E-state index is 12.7. The number of nitriles is 1. The number of hydrogen-bond acceptors (Lipinski definition) is 4. The second-order valence-electron chi connectivity index (χ2n) is 7.21. The van der Waals surface area contributed by atoms with Crippen LogP contribution in [0.5, 0.6) is 0 Å². The molecule has 5 rings (SSSR count). The van der Waals surface area contributed by atoms with Gasteiger partial charge in [-0.1, -0.05) is 0 Å². The number of imidazole rings is 1. The minimum absolute atomic E-state index is 0.0420. The lowest BCUT2D eigenvalue weighted by Crippen LogP contribution is -2.47. The van der Waals surface area contributed by atoms with Crippen LogP contribution in [-0.2, 0) is 4.79 Å². The van der Waals surface area contributed by atoms with Crippen LogP contribution >= 0.6 is 0 Å². The van der Waals surface area contributed by atoms with E-state index >= 15 is 0 Å². The van der Waals surface area contributed by atoms with Crippen molar-refractivity contribution in [1.82, 2.24) is 24.4 Å². The third-order valence-electron chi connectivity index (χ3n) is 5.85. The third kappa shape index (κ3) is 2.03. The molecule has 1 amide bonds. The molecule has 26 heavy (non-hydrogen) atoms. The number of hydrogen-bond donors (Lipinski definition) is 2. The molecular formula is C18H18N6O2. The zero-order valence-electron chi connectivity index (χ0n) is 14.1. The fourth-order valence-corrected chi connectivity index (χ4v) is 4.90. The summed E-state index contributed by atoms with van der Waals surface area (Å²) in [7, 11) is 0. The molecule has 0 radical (unpaired) electrons. The average molecular weight is 350 g/mol. The Morgan fingerprint density at radius 2 is 2.08 bits per heavy atom. The van der Waals surface area contributed by atoms with Crippen molar-refractivity contribution in [1.29, 1.82) is 5.26 Å². The van der Waals surface area contributed by atoms with E-state index < -0.39 is 0 Å². The van der Waals surface area contributed by atoms with Gasteiger partial charge < -0.3 is 14.9 Å². The van der Waals surface area contributed by atoms with Gasteiger partial charge in [0.1, 0.15) is 12.1 Å². The van der Waals surface area contributed by atoms with Crippen LogP contribution in [0.15, 0.2) is 23.3 Å². The predicted molar refractivity (Wildman–Crippen MR) is 94.4 cm³/mol. The molecule has 2 aliphatic rings. The highest BCUT2D eigenvalue weighted by molar-refractivity contribution is 6.00. The summed E-state index contributed by atoms with van der Waals surface area (Å²) in [5.41, 5.74) is 2.24. The standard InChI is InChI=1S/C18H18N6O2/c19-5-3-15(25)23-10-1-2-11(23)8-12(7-10)24-16-13-4-6-20-17(13)21-9-14(16)22-18(24)26/h4,6,9-12H,1-3,7-8H2,(H,20,21)(H,22,26)/t10-,11+,12?. The van der Waals surface area contributed by atoms with E-state index in [4.69, 9.17) is 5.26 Å². The SMILES string of the molecule is N#CCC(=O)N1[C@@H]2CC[C@H]1CC(n1c(=O)[nH]c3cnc4[nH]ccc4c31)C2. The van der Waals surface area contributed by atoms with E-state index in [0.717, 1.165) is 47.8 Å². The first kappa shape index (κ1) is 15.2. The highest BCUT2D eigenvalue weighted by atomic mass is 16.2. The fraction of sp³-hybridized carbons (Fsp3) is 0.444. The quantitative estimate of drug-likeness (QED) is 0.734. The Balaban J connectivity index is 1.57. The molecule has 0 saturated carbocycles. The van der Waals surface area contributed by atoms with Gasteiger partial charge in [-0.25, -0.2) is 9.78 Å². The molecule has 2 bridgehead atoms. The lowest BCUT2D eigenvalue weighted by Gasteiger charge is -2.39. The van der Waals surface area contributed by atoms with Gasteiger partial charge in [0.15, 0.2) is 0 Å². The van der Waals surface area contributed by atoms with Gasteiger partial charge in [0.05, 0.1) is 23.3 Å². The number of carbonyl (C=O) groups is 1. The normalized spacial score (nSPS) is 25.0. The van der Waals surface area contributed by atoms with Gasteiger partial charge in [-0.05, 0) is 31.7 Å². The van der Waals surface area contributed by atoms with Gasteiger partial charge in [-0.3, -0.25) is 9.36 Å². The second-order valence-corrected chi connectivity index (χ2v) is 7.21. The fourth-order valence-electron chi connectivity index (χ4n) is 4.90. The molecule has 0 aromatic carbocycles. The van der Waals surface area contributed by atoms with Gasteiger partial charge in [0.25, 0.3) is 0 Å². The number of rotatable bonds is 2. The molecular weight excluding hydrogens is 332 g/mol. The van der Waals surface area contributed by atoms with E-state index in [2.05, 4.69) is 15.0 Å². The van der Waals surface area contributed by atoms with Crippen LogP contribution in [0, 0.1) is 11.3 Å². The summed E-state index contributed by atoms with van der Waals surface area (Å²) in [5.74, 6) is -0.0815. The summed E-state index contributed by atoms with van der Waals surface area (Å²) in [6, 6.07) is 4.16. The van der Waals surface area contributed by atoms with E-state index in [0.29, 0.717) is 0 Å². The number of H-pyrrole nitrogens is 2. The van der Waals surface area contributed by atoms with E-state index in [1.54, 1.807) is 6.20 Å². The summed E-state index contributed by atoms with van der Waals surface area (Å²) < 4.78 is 1.85. The first-order valence-electron chi connectivity index (χ1n) is 8.92. The number of pyridine rings is 1. The maximum absolute atomic E-state index is 12.7. The first-order chi connectivity index (χ1) is 12.7. The molecule has 2 fully saturated rings. The minimum Gasteiger partial charge on any atom is -0.346 e. The molecule has 0 spiro atoms. The van der Waals surface area contributed by atoms with Crippen LogP contribution in [0.25, 0.3) is 22.1 Å². The zero-order valence-corrected chi connectivity index (χ0v) is 14.1. The number of nitrogens with one attached hydrogen (secondary N) is 2.